The van der Waals surface area contributed by atoms with E-state index in [2.05, 4.69) is 17.5 Å². The number of nitrogens with two attached hydrogens (primary N) is 1. The van der Waals surface area contributed by atoms with Crippen molar-refractivity contribution >= 4 is 28.8 Å². The zero-order valence-electron chi connectivity index (χ0n) is 9.96. The molecule has 0 aliphatic rings. The van der Waals surface area contributed by atoms with Crippen LogP contribution in [0.1, 0.15) is 5.56 Å². The van der Waals surface area contributed by atoms with Gasteiger partial charge in [-0.1, -0.05) is 12.2 Å². The lowest BCUT2D eigenvalue weighted by molar-refractivity contribution is -0.119. The summed E-state index contributed by atoms with van der Waals surface area (Å²) in [4.78, 5) is 12.2. The van der Waals surface area contributed by atoms with Crippen molar-refractivity contribution in [2.24, 2.45) is 5.73 Å². The second-order valence-corrected chi connectivity index (χ2v) is 4.12. The van der Waals surface area contributed by atoms with Gasteiger partial charge in [-0.25, -0.2) is 8.78 Å². The van der Waals surface area contributed by atoms with Crippen LogP contribution in [0.15, 0.2) is 12.1 Å². The van der Waals surface area contributed by atoms with Crippen LogP contribution in [0.5, 0.6) is 0 Å². The zero-order valence-corrected chi connectivity index (χ0v) is 10.8. The number of hydrogen-bond acceptors (Lipinski definition) is 3. The van der Waals surface area contributed by atoms with Gasteiger partial charge in [0, 0.05) is 19.7 Å². The predicted octanol–water partition coefficient (Wildman–Crippen LogP) is 0.781. The van der Waals surface area contributed by atoms with Gasteiger partial charge in [0.05, 0.1) is 6.54 Å². The van der Waals surface area contributed by atoms with Gasteiger partial charge in [-0.3, -0.25) is 4.79 Å². The van der Waals surface area contributed by atoms with Crippen LogP contribution in [0.3, 0.4) is 0 Å². The van der Waals surface area contributed by atoms with Crippen LogP contribution in [0.2, 0.25) is 0 Å². The summed E-state index contributed by atoms with van der Waals surface area (Å²) in [6.45, 7) is -0.156. The summed E-state index contributed by atoms with van der Waals surface area (Å²) in [6, 6.07) is 2.09. The Labute approximate surface area is 109 Å². The van der Waals surface area contributed by atoms with Crippen molar-refractivity contribution in [2.75, 3.05) is 25.5 Å². The molecule has 1 rings (SSSR count). The zero-order chi connectivity index (χ0) is 13.9. The molecular weight excluding hydrogens is 260 g/mol. The van der Waals surface area contributed by atoms with E-state index >= 15 is 0 Å². The van der Waals surface area contributed by atoms with Crippen LogP contribution < -0.4 is 16.0 Å². The topological polar surface area (TPSA) is 58.4 Å². The Bertz CT molecular complexity index is 470. The van der Waals surface area contributed by atoms with Gasteiger partial charge in [-0.05, 0) is 12.1 Å². The van der Waals surface area contributed by atoms with E-state index in [0.717, 1.165) is 12.1 Å². The summed E-state index contributed by atoms with van der Waals surface area (Å²) in [5.41, 5.74) is 5.12. The van der Waals surface area contributed by atoms with Crippen molar-refractivity contribution < 1.29 is 13.6 Å². The number of nitrogens with one attached hydrogen (secondary N) is 1. The molecule has 0 radical (unpaired) electrons. The number of anilines is 1. The molecule has 1 aromatic rings. The van der Waals surface area contributed by atoms with E-state index in [1.807, 2.05) is 0 Å². The fourth-order valence-electron chi connectivity index (χ4n) is 1.45. The molecule has 18 heavy (non-hydrogen) atoms. The first-order chi connectivity index (χ1) is 8.36. The van der Waals surface area contributed by atoms with Gasteiger partial charge >= 0.3 is 0 Å². The smallest absolute Gasteiger partial charge is 0.239 e. The van der Waals surface area contributed by atoms with E-state index in [0.29, 0.717) is 0 Å². The summed E-state index contributed by atoms with van der Waals surface area (Å²) in [5, 5.41) is 2.37. The number of carbonyl (C=O) groups excluding carboxylic acids is 1. The minimum atomic E-state index is -0.816. The molecule has 0 unspecified atom stereocenters. The molecule has 0 atom stereocenters. The number of carbonyl (C=O) groups is 1. The Morgan fingerprint density at radius 2 is 1.94 bits per heavy atom. The van der Waals surface area contributed by atoms with Gasteiger partial charge in [-0.15, -0.1) is 0 Å². The van der Waals surface area contributed by atoms with Crippen molar-refractivity contribution in [3.05, 3.63) is 29.3 Å². The van der Waals surface area contributed by atoms with Gasteiger partial charge in [0.15, 0.2) is 0 Å². The molecule has 0 fully saturated rings. The van der Waals surface area contributed by atoms with Gasteiger partial charge in [0.1, 0.15) is 22.3 Å². The lowest BCUT2D eigenvalue weighted by atomic mass is 10.1. The number of likely N-dealkylation sites (N-methyl/N-ethyl adjacent to an activating group) is 2. The molecule has 0 bridgehead atoms. The number of benzene rings is 1. The van der Waals surface area contributed by atoms with Crippen molar-refractivity contribution in [3.63, 3.8) is 0 Å². The van der Waals surface area contributed by atoms with Gasteiger partial charge in [0.25, 0.3) is 0 Å². The van der Waals surface area contributed by atoms with Crippen molar-refractivity contribution in [1.82, 2.24) is 5.32 Å². The second-order valence-electron chi connectivity index (χ2n) is 3.68. The van der Waals surface area contributed by atoms with Crippen LogP contribution in [-0.4, -0.2) is 31.5 Å². The maximum atomic E-state index is 13.7. The quantitative estimate of drug-likeness (QED) is 0.796. The summed E-state index contributed by atoms with van der Waals surface area (Å²) in [5.74, 6) is -1.98. The molecule has 3 N–H and O–H groups in total. The largest absolute Gasteiger partial charge is 0.389 e. The van der Waals surface area contributed by atoms with Crippen molar-refractivity contribution in [3.8, 4) is 0 Å². The van der Waals surface area contributed by atoms with Crippen LogP contribution in [0, 0.1) is 11.6 Å². The number of hydrogen-bond donors (Lipinski definition) is 2. The molecule has 7 heteroatoms. The molecule has 4 nitrogen and oxygen atoms in total. The van der Waals surface area contributed by atoms with Crippen molar-refractivity contribution in [1.29, 1.82) is 0 Å². The first kappa shape index (κ1) is 14.3. The highest BCUT2D eigenvalue weighted by atomic mass is 32.1. The highest BCUT2D eigenvalue weighted by Gasteiger charge is 2.17. The number of halogens is 2. The average Bonchev–Trinajstić information content (AvgIpc) is 2.27. The molecule has 0 aliphatic heterocycles. The second kappa shape index (κ2) is 5.72. The molecule has 0 heterocycles. The Balaban J connectivity index is 3.10. The van der Waals surface area contributed by atoms with Crippen LogP contribution in [-0.2, 0) is 4.79 Å². The van der Waals surface area contributed by atoms with Crippen LogP contribution >= 0.6 is 12.2 Å². The first-order valence-electron chi connectivity index (χ1n) is 5.07. The summed E-state index contributed by atoms with van der Waals surface area (Å²) in [7, 11) is 2.86. The number of thiocarbonyl (C=S) groups is 1. The third-order valence-corrected chi connectivity index (χ3v) is 2.58. The van der Waals surface area contributed by atoms with E-state index < -0.39 is 11.6 Å². The van der Waals surface area contributed by atoms with E-state index in [1.54, 1.807) is 0 Å². The number of nitrogens with zero attached hydrogens (tertiary/aromatic N) is 1. The van der Waals surface area contributed by atoms with Gasteiger partial charge in [-0.2, -0.15) is 0 Å². The van der Waals surface area contributed by atoms with E-state index in [9.17, 15) is 13.6 Å². The Morgan fingerprint density at radius 1 is 1.44 bits per heavy atom. The Morgan fingerprint density at radius 3 is 2.33 bits per heavy atom. The molecule has 0 saturated heterocycles. The lowest BCUT2D eigenvalue weighted by Gasteiger charge is -2.20. The molecule has 0 aromatic heterocycles. The predicted molar refractivity (Wildman–Crippen MR) is 69.6 cm³/mol. The van der Waals surface area contributed by atoms with Crippen LogP contribution in [0.4, 0.5) is 14.5 Å². The average molecular weight is 273 g/mol. The number of rotatable bonds is 4. The van der Waals surface area contributed by atoms with E-state index in [4.69, 9.17) is 5.73 Å². The fourth-order valence-corrected chi connectivity index (χ4v) is 1.56. The SMILES string of the molecule is CNC(=O)CN(C)c1c(F)cc(C(N)=S)cc1F. The molecule has 0 spiro atoms. The van der Waals surface area contributed by atoms with E-state index in [-0.39, 0.29) is 28.7 Å². The van der Waals surface area contributed by atoms with Gasteiger partial charge < -0.3 is 16.0 Å². The summed E-state index contributed by atoms with van der Waals surface area (Å²) < 4.78 is 27.5. The monoisotopic (exact) mass is 273 g/mol. The summed E-state index contributed by atoms with van der Waals surface area (Å²) in [6.07, 6.45) is 0. The normalized spacial score (nSPS) is 10.0. The summed E-state index contributed by atoms with van der Waals surface area (Å²) >= 11 is 4.65. The molecular formula is C11H13F2N3OS. The third kappa shape index (κ3) is 3.13. The highest BCUT2D eigenvalue weighted by Crippen LogP contribution is 2.23. The number of amides is 1. The maximum absolute atomic E-state index is 13.7. The molecule has 0 aliphatic carbocycles. The standard InChI is InChI=1S/C11H13F2N3OS/c1-15-9(17)5-16(2)10-7(12)3-6(11(14)18)4-8(10)13/h3-4H,5H2,1-2H3,(H2,14,18)(H,15,17). The maximum Gasteiger partial charge on any atom is 0.239 e. The Hall–Kier alpha value is -1.76. The third-order valence-electron chi connectivity index (χ3n) is 2.34. The van der Waals surface area contributed by atoms with Crippen LogP contribution in [0.25, 0.3) is 0 Å². The molecule has 0 saturated carbocycles. The minimum absolute atomic E-state index is 0.0895. The minimum Gasteiger partial charge on any atom is -0.389 e. The highest BCUT2D eigenvalue weighted by molar-refractivity contribution is 7.80. The first-order valence-corrected chi connectivity index (χ1v) is 5.48. The van der Waals surface area contributed by atoms with Gasteiger partial charge in [0.2, 0.25) is 5.91 Å². The Kier molecular flexibility index (Phi) is 4.55. The lowest BCUT2D eigenvalue weighted by Crippen LogP contribution is -2.34. The van der Waals surface area contributed by atoms with E-state index in [1.165, 1.54) is 19.0 Å². The molecule has 98 valence electrons. The molecule has 1 aromatic carbocycles. The fraction of sp³-hybridized carbons (Fsp3) is 0.273. The molecule has 1 amide bonds. The van der Waals surface area contributed by atoms with Crippen molar-refractivity contribution in [2.45, 2.75) is 0 Å².